The molecular formula is C8H10NNaO3. The van der Waals surface area contributed by atoms with E-state index in [1.165, 1.54) is 19.2 Å². The van der Waals surface area contributed by atoms with Crippen molar-refractivity contribution in [1.82, 2.24) is 4.98 Å². The van der Waals surface area contributed by atoms with Gasteiger partial charge in [-0.05, 0) is 13.0 Å². The van der Waals surface area contributed by atoms with E-state index in [1.807, 2.05) is 0 Å². The van der Waals surface area contributed by atoms with Gasteiger partial charge in [0.1, 0.15) is 0 Å². The summed E-state index contributed by atoms with van der Waals surface area (Å²) in [4.78, 5) is 14.5. The molecule has 0 amide bonds. The van der Waals surface area contributed by atoms with Crippen molar-refractivity contribution in [3.05, 3.63) is 23.4 Å². The molecule has 4 nitrogen and oxygen atoms in total. The van der Waals surface area contributed by atoms with Crippen LogP contribution in [0.4, 0.5) is 0 Å². The maximum Gasteiger partial charge on any atom is 1.00 e. The number of ether oxygens (including phenoxy) is 1. The van der Waals surface area contributed by atoms with Crippen LogP contribution in [-0.2, 0) is 0 Å². The molecule has 0 unspecified atom stereocenters. The van der Waals surface area contributed by atoms with Gasteiger partial charge in [-0.3, -0.25) is 0 Å². The van der Waals surface area contributed by atoms with Crippen LogP contribution in [0.25, 0.3) is 0 Å². The zero-order chi connectivity index (χ0) is 9.14. The third-order valence-corrected chi connectivity index (χ3v) is 1.39. The van der Waals surface area contributed by atoms with E-state index in [0.29, 0.717) is 11.6 Å². The van der Waals surface area contributed by atoms with Crippen molar-refractivity contribution in [1.29, 1.82) is 0 Å². The number of pyridine rings is 1. The van der Waals surface area contributed by atoms with E-state index >= 15 is 0 Å². The van der Waals surface area contributed by atoms with E-state index in [0.717, 1.165) is 0 Å². The summed E-state index contributed by atoms with van der Waals surface area (Å²) in [6.45, 7) is 1.72. The van der Waals surface area contributed by atoms with Crippen LogP contribution in [0.1, 0.15) is 17.5 Å². The largest absolute Gasteiger partial charge is 1.00 e. The normalized spacial score (nSPS) is 8.77. The van der Waals surface area contributed by atoms with Crippen LogP contribution in [0.5, 0.6) is 5.88 Å². The number of hydrogen-bond donors (Lipinski definition) is 1. The van der Waals surface area contributed by atoms with Gasteiger partial charge in [-0.25, -0.2) is 9.78 Å². The van der Waals surface area contributed by atoms with E-state index in [2.05, 4.69) is 4.98 Å². The molecule has 0 aliphatic rings. The summed E-state index contributed by atoms with van der Waals surface area (Å²) in [6, 6.07) is 2.88. The number of aromatic nitrogens is 1. The van der Waals surface area contributed by atoms with Gasteiger partial charge in [0.25, 0.3) is 0 Å². The Morgan fingerprint density at radius 1 is 1.62 bits per heavy atom. The fourth-order valence-electron chi connectivity index (χ4n) is 0.866. The SMILES string of the molecule is COc1cc(C(=O)O)cc(C)n1.[H-].[Na+]. The van der Waals surface area contributed by atoms with Gasteiger partial charge in [0.2, 0.25) is 5.88 Å². The van der Waals surface area contributed by atoms with Gasteiger partial charge in [-0.2, -0.15) is 0 Å². The molecule has 0 fully saturated rings. The number of hydrogen-bond acceptors (Lipinski definition) is 3. The zero-order valence-corrected chi connectivity index (χ0v) is 9.87. The molecule has 1 aromatic rings. The van der Waals surface area contributed by atoms with Gasteiger partial charge < -0.3 is 11.3 Å². The van der Waals surface area contributed by atoms with Crippen molar-refractivity contribution >= 4 is 5.97 Å². The molecule has 66 valence electrons. The van der Waals surface area contributed by atoms with Gasteiger partial charge in [0.05, 0.1) is 12.7 Å². The van der Waals surface area contributed by atoms with Crippen molar-refractivity contribution in [2.75, 3.05) is 7.11 Å². The van der Waals surface area contributed by atoms with Crippen LogP contribution in [0.2, 0.25) is 0 Å². The predicted molar refractivity (Wildman–Crippen MR) is 43.6 cm³/mol. The first-order valence-corrected chi connectivity index (χ1v) is 3.39. The van der Waals surface area contributed by atoms with Gasteiger partial charge in [-0.15, -0.1) is 0 Å². The number of carboxylic acid groups (broad SMARTS) is 1. The third kappa shape index (κ3) is 3.34. The molecule has 0 bridgehead atoms. The second-order valence-electron chi connectivity index (χ2n) is 2.34. The van der Waals surface area contributed by atoms with Gasteiger partial charge in [-0.1, -0.05) is 0 Å². The molecule has 0 radical (unpaired) electrons. The maximum atomic E-state index is 10.5. The summed E-state index contributed by atoms with van der Waals surface area (Å²) < 4.78 is 4.81. The molecule has 1 aromatic heterocycles. The number of methoxy groups -OCH3 is 1. The second-order valence-corrected chi connectivity index (χ2v) is 2.34. The van der Waals surface area contributed by atoms with Gasteiger partial charge in [0.15, 0.2) is 0 Å². The van der Waals surface area contributed by atoms with Crippen LogP contribution in [0.3, 0.4) is 0 Å². The Bertz CT molecular complexity index is 319. The average molecular weight is 191 g/mol. The number of aromatic carboxylic acids is 1. The molecule has 0 aliphatic carbocycles. The predicted octanol–water partition coefficient (Wildman–Crippen LogP) is -1.79. The molecule has 0 saturated carbocycles. The standard InChI is InChI=1S/C8H9NO3.Na.H/c1-5-3-6(8(10)11)4-7(9-5)12-2;;/h3-4H,1-2H3,(H,10,11);;/q;+1;-1. The Morgan fingerprint density at radius 2 is 2.23 bits per heavy atom. The van der Waals surface area contributed by atoms with Crippen molar-refractivity contribution < 1.29 is 45.6 Å². The first kappa shape index (κ1) is 12.4. The Kier molecular flexibility index (Phi) is 4.98. The summed E-state index contributed by atoms with van der Waals surface area (Å²) in [5, 5.41) is 8.65. The van der Waals surface area contributed by atoms with Crippen molar-refractivity contribution in [2.45, 2.75) is 6.92 Å². The Labute approximate surface area is 99.7 Å². The fraction of sp³-hybridized carbons (Fsp3) is 0.250. The summed E-state index contributed by atoms with van der Waals surface area (Å²) in [5.74, 6) is -0.647. The van der Waals surface area contributed by atoms with Crippen LogP contribution >= 0.6 is 0 Å². The quantitative estimate of drug-likeness (QED) is 0.561. The van der Waals surface area contributed by atoms with E-state index < -0.39 is 5.97 Å². The molecule has 0 aromatic carbocycles. The number of nitrogens with zero attached hydrogens (tertiary/aromatic N) is 1. The van der Waals surface area contributed by atoms with Crippen LogP contribution in [0, 0.1) is 6.92 Å². The second kappa shape index (κ2) is 5.21. The first-order chi connectivity index (χ1) is 5.63. The molecule has 5 heteroatoms. The van der Waals surface area contributed by atoms with E-state index in [9.17, 15) is 4.79 Å². The Hall–Kier alpha value is -0.580. The first-order valence-electron chi connectivity index (χ1n) is 3.39. The number of carboxylic acids is 1. The molecule has 13 heavy (non-hydrogen) atoms. The number of rotatable bonds is 2. The molecule has 1 heterocycles. The van der Waals surface area contributed by atoms with E-state index in [4.69, 9.17) is 9.84 Å². The topological polar surface area (TPSA) is 59.4 Å². The van der Waals surface area contributed by atoms with Gasteiger partial charge >= 0.3 is 35.5 Å². The minimum Gasteiger partial charge on any atom is -1.00 e. The number of aryl methyl sites for hydroxylation is 1. The fourth-order valence-corrected chi connectivity index (χ4v) is 0.866. The van der Waals surface area contributed by atoms with Crippen LogP contribution < -0.4 is 34.3 Å². The molecular weight excluding hydrogens is 181 g/mol. The smallest absolute Gasteiger partial charge is 1.00 e. The summed E-state index contributed by atoms with van der Waals surface area (Å²) >= 11 is 0. The molecule has 0 aliphatic heterocycles. The van der Waals surface area contributed by atoms with Crippen molar-refractivity contribution in [2.24, 2.45) is 0 Å². The summed E-state index contributed by atoms with van der Waals surface area (Å²) in [6.07, 6.45) is 0. The van der Waals surface area contributed by atoms with E-state index in [1.54, 1.807) is 6.92 Å². The minimum atomic E-state index is -0.973. The Morgan fingerprint density at radius 3 is 2.69 bits per heavy atom. The maximum absolute atomic E-state index is 10.5. The zero-order valence-electron chi connectivity index (χ0n) is 8.87. The summed E-state index contributed by atoms with van der Waals surface area (Å²) in [7, 11) is 1.45. The molecule has 0 saturated heterocycles. The third-order valence-electron chi connectivity index (χ3n) is 1.39. The van der Waals surface area contributed by atoms with Gasteiger partial charge in [0, 0.05) is 11.8 Å². The van der Waals surface area contributed by atoms with E-state index in [-0.39, 0.29) is 36.5 Å². The monoisotopic (exact) mass is 191 g/mol. The van der Waals surface area contributed by atoms with Crippen LogP contribution in [-0.4, -0.2) is 23.2 Å². The molecule has 0 spiro atoms. The van der Waals surface area contributed by atoms with Crippen LogP contribution in [0.15, 0.2) is 12.1 Å². The minimum absolute atomic E-state index is 0. The van der Waals surface area contributed by atoms with Crippen molar-refractivity contribution in [3.63, 3.8) is 0 Å². The molecule has 1 N–H and O–H groups in total. The Balaban J connectivity index is 0. The molecule has 1 rings (SSSR count). The summed E-state index contributed by atoms with van der Waals surface area (Å²) in [5.41, 5.74) is 0.825. The number of carbonyl (C=O) groups is 1. The average Bonchev–Trinajstić information content (AvgIpc) is 2.03. The molecule has 0 atom stereocenters. The van der Waals surface area contributed by atoms with Crippen molar-refractivity contribution in [3.8, 4) is 5.88 Å².